The van der Waals surface area contributed by atoms with Gasteiger partial charge in [-0.05, 0) is 39.0 Å². The third-order valence-electron chi connectivity index (χ3n) is 4.51. The molecule has 25 heavy (non-hydrogen) atoms. The fourth-order valence-electron chi connectivity index (χ4n) is 2.86. The van der Waals surface area contributed by atoms with Crippen molar-refractivity contribution in [1.82, 2.24) is 0 Å². The summed E-state index contributed by atoms with van der Waals surface area (Å²) in [6.07, 6.45) is 21.9. The van der Waals surface area contributed by atoms with Gasteiger partial charge >= 0.3 is 5.97 Å². The van der Waals surface area contributed by atoms with Crippen LogP contribution >= 0.6 is 0 Å². The van der Waals surface area contributed by atoms with Crippen LogP contribution in [-0.4, -0.2) is 23.8 Å². The lowest BCUT2D eigenvalue weighted by molar-refractivity contribution is -0.148. The van der Waals surface area contributed by atoms with Gasteiger partial charge in [0.25, 0.3) is 0 Å². The summed E-state index contributed by atoms with van der Waals surface area (Å²) in [6.45, 7) is 4.16. The molecule has 1 N–H and O–H groups in total. The van der Waals surface area contributed by atoms with Crippen molar-refractivity contribution in [1.29, 1.82) is 0 Å². The van der Waals surface area contributed by atoms with Gasteiger partial charge in [-0.15, -0.1) is 0 Å². The minimum Gasteiger partial charge on any atom is -0.463 e. The molecule has 0 rings (SSSR count). The molecule has 3 heteroatoms. The summed E-state index contributed by atoms with van der Waals surface area (Å²) in [6, 6.07) is 0. The molecule has 0 aromatic heterocycles. The molecule has 0 radical (unpaired) electrons. The maximum atomic E-state index is 11.5. The summed E-state index contributed by atoms with van der Waals surface area (Å²) in [5, 5.41) is 8.77. The van der Waals surface area contributed by atoms with Gasteiger partial charge < -0.3 is 9.84 Å². The monoisotopic (exact) mass is 354 g/mol. The van der Waals surface area contributed by atoms with Crippen LogP contribution in [0.4, 0.5) is 0 Å². The lowest BCUT2D eigenvalue weighted by atomic mass is 10.1. The molecule has 1 unspecified atom stereocenters. The standard InChI is InChI=1S/C22H42O3/c1-3-4-5-6-7-8-9-10-11-12-13-14-15-16-17-18-22(24)25-21(2)19-20-23/h10-11,21,23H,3-9,12-20H2,1-2H3/b11-10-. The van der Waals surface area contributed by atoms with Crippen LogP contribution < -0.4 is 0 Å². The van der Waals surface area contributed by atoms with Crippen LogP contribution in [0.3, 0.4) is 0 Å². The zero-order valence-corrected chi connectivity index (χ0v) is 16.8. The van der Waals surface area contributed by atoms with Crippen molar-refractivity contribution in [2.24, 2.45) is 0 Å². The highest BCUT2D eigenvalue weighted by molar-refractivity contribution is 5.69. The lowest BCUT2D eigenvalue weighted by Gasteiger charge is -2.11. The van der Waals surface area contributed by atoms with Gasteiger partial charge in [0.1, 0.15) is 6.10 Å². The van der Waals surface area contributed by atoms with Gasteiger partial charge in [0.2, 0.25) is 0 Å². The van der Waals surface area contributed by atoms with E-state index in [4.69, 9.17) is 9.84 Å². The molecule has 0 saturated carbocycles. The lowest BCUT2D eigenvalue weighted by Crippen LogP contribution is -2.15. The van der Waals surface area contributed by atoms with Crippen LogP contribution in [0.1, 0.15) is 110 Å². The quantitative estimate of drug-likeness (QED) is 0.177. The van der Waals surface area contributed by atoms with Gasteiger partial charge in [-0.3, -0.25) is 4.79 Å². The Hall–Kier alpha value is -0.830. The van der Waals surface area contributed by atoms with E-state index in [0.29, 0.717) is 12.8 Å². The fourth-order valence-corrected chi connectivity index (χ4v) is 2.86. The second-order valence-electron chi connectivity index (χ2n) is 7.15. The van der Waals surface area contributed by atoms with Crippen LogP contribution in [0.5, 0.6) is 0 Å². The molecule has 0 bridgehead atoms. The molecule has 0 amide bonds. The summed E-state index contributed by atoms with van der Waals surface area (Å²) in [4.78, 5) is 11.5. The van der Waals surface area contributed by atoms with E-state index < -0.39 is 0 Å². The second kappa shape index (κ2) is 19.5. The zero-order valence-electron chi connectivity index (χ0n) is 16.8. The van der Waals surface area contributed by atoms with Crippen molar-refractivity contribution in [3.05, 3.63) is 12.2 Å². The van der Waals surface area contributed by atoms with E-state index in [9.17, 15) is 4.79 Å². The van der Waals surface area contributed by atoms with E-state index in [0.717, 1.165) is 12.8 Å². The van der Waals surface area contributed by atoms with Gasteiger partial charge in [-0.2, -0.15) is 0 Å². The topological polar surface area (TPSA) is 46.5 Å². The number of ether oxygens (including phenoxy) is 1. The zero-order chi connectivity index (χ0) is 18.6. The number of allylic oxidation sites excluding steroid dienone is 2. The molecule has 0 aliphatic carbocycles. The largest absolute Gasteiger partial charge is 0.463 e. The Kier molecular flexibility index (Phi) is 18.8. The Morgan fingerprint density at radius 3 is 1.96 bits per heavy atom. The predicted octanol–water partition coefficient (Wildman–Crippen LogP) is 6.34. The molecule has 0 aliphatic rings. The molecule has 1 atom stereocenters. The number of hydrogen-bond acceptors (Lipinski definition) is 3. The summed E-state index contributed by atoms with van der Waals surface area (Å²) in [5.74, 6) is -0.126. The van der Waals surface area contributed by atoms with Gasteiger partial charge in [-0.25, -0.2) is 0 Å². The van der Waals surface area contributed by atoms with E-state index in [1.54, 1.807) is 0 Å². The van der Waals surface area contributed by atoms with Crippen molar-refractivity contribution in [3.8, 4) is 0 Å². The molecule has 0 aromatic carbocycles. The normalized spacial score (nSPS) is 12.6. The summed E-state index contributed by atoms with van der Waals surface area (Å²) < 4.78 is 5.20. The Balaban J connectivity index is 3.25. The van der Waals surface area contributed by atoms with Crippen LogP contribution in [-0.2, 0) is 9.53 Å². The maximum absolute atomic E-state index is 11.5. The van der Waals surface area contributed by atoms with Crippen molar-refractivity contribution < 1.29 is 14.6 Å². The van der Waals surface area contributed by atoms with Crippen LogP contribution in [0.15, 0.2) is 12.2 Å². The number of aliphatic hydroxyl groups excluding tert-OH is 1. The van der Waals surface area contributed by atoms with E-state index >= 15 is 0 Å². The Morgan fingerprint density at radius 2 is 1.40 bits per heavy atom. The van der Waals surface area contributed by atoms with E-state index in [2.05, 4.69) is 19.1 Å². The van der Waals surface area contributed by atoms with Crippen molar-refractivity contribution in [2.75, 3.05) is 6.61 Å². The highest BCUT2D eigenvalue weighted by Crippen LogP contribution is 2.10. The van der Waals surface area contributed by atoms with E-state index in [1.165, 1.54) is 70.6 Å². The maximum Gasteiger partial charge on any atom is 0.306 e. The Labute approximate surface area is 156 Å². The smallest absolute Gasteiger partial charge is 0.306 e. The SMILES string of the molecule is CCCCCCCC/C=C\CCCCCCCC(=O)OC(C)CCO. The Bertz CT molecular complexity index is 312. The summed E-state index contributed by atoms with van der Waals surface area (Å²) in [7, 11) is 0. The van der Waals surface area contributed by atoms with E-state index in [-0.39, 0.29) is 18.7 Å². The number of hydrogen-bond donors (Lipinski definition) is 1. The minimum absolute atomic E-state index is 0.0713. The first-order valence-electron chi connectivity index (χ1n) is 10.7. The number of carbonyl (C=O) groups is 1. The highest BCUT2D eigenvalue weighted by atomic mass is 16.5. The molecule has 148 valence electrons. The van der Waals surface area contributed by atoms with E-state index in [1.807, 2.05) is 6.92 Å². The fraction of sp³-hybridized carbons (Fsp3) is 0.864. The average Bonchev–Trinajstić information content (AvgIpc) is 2.58. The first-order chi connectivity index (χ1) is 12.2. The van der Waals surface area contributed by atoms with Crippen molar-refractivity contribution >= 4 is 5.97 Å². The molecule has 0 fully saturated rings. The van der Waals surface area contributed by atoms with Gasteiger partial charge in [0.15, 0.2) is 0 Å². The van der Waals surface area contributed by atoms with Crippen LogP contribution in [0.25, 0.3) is 0 Å². The third kappa shape index (κ3) is 19.3. The molecule has 0 saturated heterocycles. The molecular weight excluding hydrogens is 312 g/mol. The van der Waals surface area contributed by atoms with Gasteiger partial charge in [0, 0.05) is 19.4 Å². The van der Waals surface area contributed by atoms with Crippen LogP contribution in [0, 0.1) is 0 Å². The molecule has 0 heterocycles. The Morgan fingerprint density at radius 1 is 0.880 bits per heavy atom. The minimum atomic E-state index is -0.166. The predicted molar refractivity (Wildman–Crippen MR) is 107 cm³/mol. The van der Waals surface area contributed by atoms with Crippen molar-refractivity contribution in [3.63, 3.8) is 0 Å². The number of rotatable bonds is 18. The number of aliphatic hydroxyl groups is 1. The molecule has 0 aromatic rings. The second-order valence-corrected chi connectivity index (χ2v) is 7.15. The third-order valence-corrected chi connectivity index (χ3v) is 4.51. The van der Waals surface area contributed by atoms with Gasteiger partial charge in [-0.1, -0.05) is 70.4 Å². The summed E-state index contributed by atoms with van der Waals surface area (Å²) >= 11 is 0. The van der Waals surface area contributed by atoms with Crippen molar-refractivity contribution in [2.45, 2.75) is 116 Å². The molecular formula is C22H42O3. The van der Waals surface area contributed by atoms with Crippen LogP contribution in [0.2, 0.25) is 0 Å². The molecule has 3 nitrogen and oxygen atoms in total. The highest BCUT2D eigenvalue weighted by Gasteiger charge is 2.08. The molecule has 0 aliphatic heterocycles. The first kappa shape index (κ1) is 24.2. The number of esters is 1. The average molecular weight is 355 g/mol. The summed E-state index contributed by atoms with van der Waals surface area (Å²) in [5.41, 5.74) is 0. The number of unbranched alkanes of at least 4 members (excludes halogenated alkanes) is 11. The van der Waals surface area contributed by atoms with Gasteiger partial charge in [0.05, 0.1) is 0 Å². The first-order valence-corrected chi connectivity index (χ1v) is 10.7. The number of carbonyl (C=O) groups excluding carboxylic acids is 1. The molecule has 0 spiro atoms.